The number of aliphatic hydroxyl groups is 1. The number of nitrogen functional groups attached to an aromatic ring is 1. The number of anilines is 3. The third-order valence-corrected chi connectivity index (χ3v) is 6.28. The van der Waals surface area contributed by atoms with Crippen LogP contribution in [0.4, 0.5) is 22.0 Å². The van der Waals surface area contributed by atoms with E-state index in [0.717, 1.165) is 19.6 Å². The molecule has 1 saturated heterocycles. The molecule has 13 heteroatoms. The summed E-state index contributed by atoms with van der Waals surface area (Å²) in [7, 11) is 1.91. The van der Waals surface area contributed by atoms with E-state index in [1.54, 1.807) is 44.4 Å². The average molecular weight is 526 g/mol. The zero-order valence-corrected chi connectivity index (χ0v) is 21.7. The highest BCUT2D eigenvalue weighted by molar-refractivity contribution is 5.53. The molecule has 1 fully saturated rings. The third-order valence-electron chi connectivity index (χ3n) is 6.28. The van der Waals surface area contributed by atoms with Crippen LogP contribution in [0.5, 0.6) is 5.75 Å². The minimum Gasteiger partial charge on any atom is -0.491 e. The Morgan fingerprint density at radius 2 is 1.95 bits per heavy atom. The molecule has 0 amide bonds. The first kappa shape index (κ1) is 25.7. The van der Waals surface area contributed by atoms with Gasteiger partial charge in [0.1, 0.15) is 18.2 Å². The Morgan fingerprint density at radius 3 is 2.63 bits per heavy atom. The number of furan rings is 1. The van der Waals surface area contributed by atoms with E-state index in [4.69, 9.17) is 14.9 Å². The van der Waals surface area contributed by atoms with Crippen molar-refractivity contribution in [2.45, 2.75) is 19.4 Å². The first-order chi connectivity index (χ1) is 18.2. The predicted molar refractivity (Wildman–Crippen MR) is 141 cm³/mol. The Morgan fingerprint density at radius 1 is 1.16 bits per heavy atom. The van der Waals surface area contributed by atoms with Crippen LogP contribution in [0, 0.1) is 5.82 Å². The molecule has 0 saturated carbocycles. The molecule has 3 N–H and O–H groups in total. The molecule has 1 aromatic carbocycles. The summed E-state index contributed by atoms with van der Waals surface area (Å²) in [6, 6.07) is 8.37. The molecule has 4 aromatic rings. The number of halogens is 1. The van der Waals surface area contributed by atoms with Crippen LogP contribution in [0.2, 0.25) is 0 Å². The fraction of sp³-hybridized carbons (Fsp3) is 0.440. The number of rotatable bonds is 9. The molecule has 12 nitrogen and oxygen atoms in total. The van der Waals surface area contributed by atoms with Crippen LogP contribution in [0.3, 0.4) is 0 Å². The number of likely N-dealkylation sites (N-methyl/N-ethyl adjacent to an activating group) is 1. The quantitative estimate of drug-likeness (QED) is 0.332. The molecular weight excluding hydrogens is 493 g/mol. The Balaban J connectivity index is 1.15. The Labute approximate surface area is 219 Å². The lowest BCUT2D eigenvalue weighted by molar-refractivity contribution is 0.0284. The Bertz CT molecular complexity index is 1380. The summed E-state index contributed by atoms with van der Waals surface area (Å²) in [5, 5.41) is 14.1. The van der Waals surface area contributed by atoms with Crippen molar-refractivity contribution in [2.24, 2.45) is 0 Å². The van der Waals surface area contributed by atoms with Crippen LogP contribution in [-0.2, 0) is 0 Å². The summed E-state index contributed by atoms with van der Waals surface area (Å²) in [5.74, 6) is 1.98. The minimum absolute atomic E-state index is 0.0926. The molecule has 1 aliphatic heterocycles. The number of fused-ring (bicyclic) bond motifs is 1. The van der Waals surface area contributed by atoms with Crippen molar-refractivity contribution in [1.29, 1.82) is 0 Å². The Hall–Kier alpha value is -3.97. The van der Waals surface area contributed by atoms with Gasteiger partial charge in [-0.15, -0.1) is 5.10 Å². The molecule has 38 heavy (non-hydrogen) atoms. The van der Waals surface area contributed by atoms with Crippen LogP contribution in [0.15, 0.2) is 41.0 Å². The van der Waals surface area contributed by atoms with E-state index in [0.29, 0.717) is 54.4 Å². The maximum Gasteiger partial charge on any atom is 0.259 e. The maximum atomic E-state index is 14.8. The number of nitrogens with two attached hydrogens (primary N) is 1. The van der Waals surface area contributed by atoms with Gasteiger partial charge >= 0.3 is 0 Å². The molecule has 202 valence electrons. The second-order valence-electron chi connectivity index (χ2n) is 9.97. The van der Waals surface area contributed by atoms with Crippen LogP contribution in [-0.4, -0.2) is 93.1 Å². The average Bonchev–Trinajstić information content (AvgIpc) is 3.56. The number of benzene rings is 1. The molecule has 0 atom stereocenters. The van der Waals surface area contributed by atoms with E-state index < -0.39 is 5.60 Å². The van der Waals surface area contributed by atoms with Gasteiger partial charge in [0.15, 0.2) is 5.76 Å². The van der Waals surface area contributed by atoms with Crippen molar-refractivity contribution < 1.29 is 18.7 Å². The van der Waals surface area contributed by atoms with Gasteiger partial charge in [-0.1, -0.05) is 0 Å². The Kier molecular flexibility index (Phi) is 7.04. The van der Waals surface area contributed by atoms with Gasteiger partial charge in [-0.25, -0.2) is 4.39 Å². The van der Waals surface area contributed by atoms with Crippen LogP contribution >= 0.6 is 0 Å². The minimum atomic E-state index is -0.981. The molecule has 5 rings (SSSR count). The number of ether oxygens (including phenoxy) is 1. The second-order valence-corrected chi connectivity index (χ2v) is 9.97. The fourth-order valence-electron chi connectivity index (χ4n) is 4.17. The van der Waals surface area contributed by atoms with Gasteiger partial charge in [0.05, 0.1) is 17.6 Å². The zero-order chi connectivity index (χ0) is 26.9. The largest absolute Gasteiger partial charge is 0.491 e. The summed E-state index contributed by atoms with van der Waals surface area (Å²) < 4.78 is 27.0. The molecule has 4 heterocycles. The monoisotopic (exact) mass is 525 g/mol. The molecule has 1 aliphatic rings. The van der Waals surface area contributed by atoms with Gasteiger partial charge in [-0.3, -0.25) is 4.90 Å². The lowest BCUT2D eigenvalue weighted by atomic mass is 10.1. The lowest BCUT2D eigenvalue weighted by Crippen LogP contribution is -2.48. The SMILES string of the molecule is CN(CCN1CCN(c2ccc(OCC(C)(C)O)cc2F)CC1)c1nc(N)n2nc(-c3ccco3)nc2n1. The molecule has 0 bridgehead atoms. The second kappa shape index (κ2) is 10.4. The number of aromatic nitrogens is 5. The highest BCUT2D eigenvalue weighted by Gasteiger charge is 2.22. The van der Waals surface area contributed by atoms with Crippen molar-refractivity contribution >= 4 is 23.4 Å². The first-order valence-corrected chi connectivity index (χ1v) is 12.4. The normalized spacial score (nSPS) is 14.8. The summed E-state index contributed by atoms with van der Waals surface area (Å²) in [6.45, 7) is 7.84. The summed E-state index contributed by atoms with van der Waals surface area (Å²) >= 11 is 0. The molecular formula is C25H32FN9O3. The highest BCUT2D eigenvalue weighted by Crippen LogP contribution is 2.26. The zero-order valence-electron chi connectivity index (χ0n) is 21.7. The van der Waals surface area contributed by atoms with E-state index >= 15 is 0 Å². The number of nitrogens with zero attached hydrogens (tertiary/aromatic N) is 8. The molecule has 0 spiro atoms. The van der Waals surface area contributed by atoms with Gasteiger partial charge in [-0.05, 0) is 38.1 Å². The van der Waals surface area contributed by atoms with E-state index in [2.05, 4.69) is 25.0 Å². The fourth-order valence-corrected chi connectivity index (χ4v) is 4.17. The van der Waals surface area contributed by atoms with Crippen molar-refractivity contribution in [2.75, 3.05) is 68.5 Å². The standard InChI is InChI=1S/C25H32FN9O3/c1-25(2,36)16-38-17-6-7-19(18(26)15-17)34-12-10-33(11-13-34)9-8-32(3)23-29-22(27)35-24(30-23)28-21(31-35)20-5-4-14-37-20/h4-7,14-15,36H,8-13,16H2,1-3H3,(H2,27,28,29,30,31). The first-order valence-electron chi connectivity index (χ1n) is 12.4. The highest BCUT2D eigenvalue weighted by atomic mass is 19.1. The van der Waals surface area contributed by atoms with Crippen molar-refractivity contribution in [3.05, 3.63) is 42.4 Å². The number of hydrogen-bond donors (Lipinski definition) is 2. The van der Waals surface area contributed by atoms with Gasteiger partial charge in [0.2, 0.25) is 17.7 Å². The van der Waals surface area contributed by atoms with Crippen molar-refractivity contribution in [3.8, 4) is 17.3 Å². The van der Waals surface area contributed by atoms with Crippen LogP contribution in [0.1, 0.15) is 13.8 Å². The van der Waals surface area contributed by atoms with E-state index in [1.165, 1.54) is 10.6 Å². The molecule has 0 radical (unpaired) electrons. The van der Waals surface area contributed by atoms with E-state index in [-0.39, 0.29) is 18.4 Å². The van der Waals surface area contributed by atoms with Gasteiger partial charge in [-0.2, -0.15) is 19.5 Å². The van der Waals surface area contributed by atoms with Gasteiger partial charge < -0.3 is 29.8 Å². The summed E-state index contributed by atoms with van der Waals surface area (Å²) in [4.78, 5) is 19.6. The van der Waals surface area contributed by atoms with Crippen molar-refractivity contribution in [1.82, 2.24) is 29.5 Å². The van der Waals surface area contributed by atoms with Crippen LogP contribution in [0.25, 0.3) is 17.4 Å². The lowest BCUT2D eigenvalue weighted by Gasteiger charge is -2.36. The van der Waals surface area contributed by atoms with Crippen molar-refractivity contribution in [3.63, 3.8) is 0 Å². The molecule has 0 aliphatic carbocycles. The van der Waals surface area contributed by atoms with E-state index in [1.807, 2.05) is 16.8 Å². The number of piperazine rings is 1. The van der Waals surface area contributed by atoms with E-state index in [9.17, 15) is 9.50 Å². The maximum absolute atomic E-state index is 14.8. The summed E-state index contributed by atoms with van der Waals surface area (Å²) in [6.07, 6.45) is 1.55. The van der Waals surface area contributed by atoms with Crippen LogP contribution < -0.4 is 20.3 Å². The van der Waals surface area contributed by atoms with Gasteiger partial charge in [0, 0.05) is 52.4 Å². The topological polar surface area (TPSA) is 134 Å². The third kappa shape index (κ3) is 5.78. The summed E-state index contributed by atoms with van der Waals surface area (Å²) in [5.41, 5.74) is 5.69. The molecule has 3 aromatic heterocycles. The number of hydrogen-bond acceptors (Lipinski definition) is 11. The molecule has 0 unspecified atom stereocenters. The van der Waals surface area contributed by atoms with Gasteiger partial charge in [0.25, 0.3) is 5.78 Å². The smallest absolute Gasteiger partial charge is 0.259 e. The predicted octanol–water partition coefficient (Wildman–Crippen LogP) is 1.91.